The van der Waals surface area contributed by atoms with Crippen LogP contribution in [0, 0.1) is 0 Å². The van der Waals surface area contributed by atoms with E-state index in [0.29, 0.717) is 17.7 Å². The average molecular weight is 274 g/mol. The summed E-state index contributed by atoms with van der Waals surface area (Å²) in [6, 6.07) is 14.1. The Bertz CT molecular complexity index is 593. The van der Waals surface area contributed by atoms with Crippen LogP contribution in [-0.2, 0) is 6.54 Å². The molecule has 0 aliphatic heterocycles. The van der Waals surface area contributed by atoms with Crippen LogP contribution in [0.25, 0.3) is 11.1 Å². The summed E-state index contributed by atoms with van der Waals surface area (Å²) in [6.45, 7) is 0.462. The van der Waals surface area contributed by atoms with E-state index in [9.17, 15) is 0 Å². The van der Waals surface area contributed by atoms with Gasteiger partial charge in [-0.2, -0.15) is 0 Å². The molecule has 1 saturated carbocycles. The Hall–Kier alpha value is -1.51. The van der Waals surface area contributed by atoms with Crippen molar-refractivity contribution in [2.75, 3.05) is 0 Å². The van der Waals surface area contributed by atoms with Gasteiger partial charge >= 0.3 is 0 Å². The van der Waals surface area contributed by atoms with E-state index in [-0.39, 0.29) is 0 Å². The van der Waals surface area contributed by atoms with E-state index in [0.717, 1.165) is 22.4 Å². The molecule has 0 amide bonds. The molecular formula is C16H16ClNO. The van der Waals surface area contributed by atoms with E-state index in [4.69, 9.17) is 22.1 Å². The van der Waals surface area contributed by atoms with Crippen LogP contribution in [0.2, 0.25) is 5.02 Å². The van der Waals surface area contributed by atoms with Crippen molar-refractivity contribution in [2.24, 2.45) is 5.73 Å². The van der Waals surface area contributed by atoms with Crippen molar-refractivity contribution in [1.29, 1.82) is 0 Å². The van der Waals surface area contributed by atoms with Gasteiger partial charge in [0.2, 0.25) is 0 Å². The summed E-state index contributed by atoms with van der Waals surface area (Å²) >= 11 is 6.20. The summed E-state index contributed by atoms with van der Waals surface area (Å²) in [5, 5.41) is 0.716. The van der Waals surface area contributed by atoms with Crippen LogP contribution in [0.4, 0.5) is 0 Å². The largest absolute Gasteiger partial charge is 0.490 e. The normalized spacial score (nSPS) is 14.4. The van der Waals surface area contributed by atoms with Crippen molar-refractivity contribution in [3.05, 3.63) is 53.1 Å². The monoisotopic (exact) mass is 273 g/mol. The fourth-order valence-electron chi connectivity index (χ4n) is 2.02. The van der Waals surface area contributed by atoms with Gasteiger partial charge in [0.1, 0.15) is 5.75 Å². The molecule has 2 aromatic rings. The Kier molecular flexibility index (Phi) is 3.45. The molecule has 0 atom stereocenters. The summed E-state index contributed by atoms with van der Waals surface area (Å²) in [5.41, 5.74) is 8.79. The predicted molar refractivity (Wildman–Crippen MR) is 78.4 cm³/mol. The zero-order chi connectivity index (χ0) is 13.2. The van der Waals surface area contributed by atoms with Crippen LogP contribution in [0.5, 0.6) is 5.75 Å². The van der Waals surface area contributed by atoms with Gasteiger partial charge in [-0.15, -0.1) is 0 Å². The highest BCUT2D eigenvalue weighted by Crippen LogP contribution is 2.31. The summed E-state index contributed by atoms with van der Waals surface area (Å²) in [5.74, 6) is 0.930. The third-order valence-corrected chi connectivity index (χ3v) is 3.62. The van der Waals surface area contributed by atoms with Crippen LogP contribution in [0.15, 0.2) is 42.5 Å². The lowest BCUT2D eigenvalue weighted by molar-refractivity contribution is 0.303. The quantitative estimate of drug-likeness (QED) is 0.914. The molecule has 3 heteroatoms. The second-order valence-corrected chi connectivity index (χ2v) is 5.26. The maximum Gasteiger partial charge on any atom is 0.120 e. The molecule has 0 aromatic heterocycles. The average Bonchev–Trinajstić information content (AvgIpc) is 3.23. The molecule has 2 N–H and O–H groups in total. The fourth-order valence-corrected chi connectivity index (χ4v) is 2.28. The van der Waals surface area contributed by atoms with Crippen molar-refractivity contribution in [3.8, 4) is 16.9 Å². The zero-order valence-corrected chi connectivity index (χ0v) is 11.4. The van der Waals surface area contributed by atoms with Gasteiger partial charge in [0, 0.05) is 11.6 Å². The van der Waals surface area contributed by atoms with Gasteiger partial charge in [0.15, 0.2) is 0 Å². The molecule has 0 unspecified atom stereocenters. The minimum atomic E-state index is 0.415. The van der Waals surface area contributed by atoms with Crippen molar-refractivity contribution < 1.29 is 4.74 Å². The number of hydrogen-bond donors (Lipinski definition) is 1. The maximum atomic E-state index is 6.20. The summed E-state index contributed by atoms with van der Waals surface area (Å²) in [7, 11) is 0. The minimum Gasteiger partial charge on any atom is -0.490 e. The van der Waals surface area contributed by atoms with Gasteiger partial charge in [0.25, 0.3) is 0 Å². The SMILES string of the molecule is NCc1ccc(-c2cccc(OC3CC3)c2)cc1Cl. The van der Waals surface area contributed by atoms with Crippen molar-refractivity contribution in [2.45, 2.75) is 25.5 Å². The topological polar surface area (TPSA) is 35.2 Å². The van der Waals surface area contributed by atoms with Gasteiger partial charge in [0.05, 0.1) is 6.10 Å². The second kappa shape index (κ2) is 5.24. The Morgan fingerprint density at radius 1 is 1.11 bits per heavy atom. The number of nitrogens with two attached hydrogens (primary N) is 1. The first-order valence-electron chi connectivity index (χ1n) is 6.52. The first kappa shape index (κ1) is 12.5. The first-order valence-corrected chi connectivity index (χ1v) is 6.89. The molecular weight excluding hydrogens is 258 g/mol. The van der Waals surface area contributed by atoms with Crippen molar-refractivity contribution in [1.82, 2.24) is 0 Å². The highest BCUT2D eigenvalue weighted by molar-refractivity contribution is 6.31. The molecule has 19 heavy (non-hydrogen) atoms. The van der Waals surface area contributed by atoms with Crippen molar-refractivity contribution in [3.63, 3.8) is 0 Å². The molecule has 2 nitrogen and oxygen atoms in total. The number of ether oxygens (including phenoxy) is 1. The van der Waals surface area contributed by atoms with Crippen LogP contribution < -0.4 is 10.5 Å². The molecule has 1 aliphatic rings. The lowest BCUT2D eigenvalue weighted by atomic mass is 10.0. The molecule has 1 aliphatic carbocycles. The molecule has 0 bridgehead atoms. The number of hydrogen-bond acceptors (Lipinski definition) is 2. The molecule has 2 aromatic carbocycles. The van der Waals surface area contributed by atoms with Gasteiger partial charge in [-0.3, -0.25) is 0 Å². The van der Waals surface area contributed by atoms with Crippen molar-refractivity contribution >= 4 is 11.6 Å². The van der Waals surface area contributed by atoms with E-state index in [1.165, 1.54) is 12.8 Å². The Morgan fingerprint density at radius 3 is 2.58 bits per heavy atom. The van der Waals surface area contributed by atoms with E-state index in [1.54, 1.807) is 0 Å². The predicted octanol–water partition coefficient (Wildman–Crippen LogP) is 4.01. The standard InChI is InChI=1S/C16H16ClNO/c17-16-9-12(4-5-13(16)10-18)11-2-1-3-15(8-11)19-14-6-7-14/h1-5,8-9,14H,6-7,10,18H2. The Morgan fingerprint density at radius 2 is 1.89 bits per heavy atom. The van der Waals surface area contributed by atoms with E-state index in [2.05, 4.69) is 12.1 Å². The molecule has 98 valence electrons. The number of rotatable bonds is 4. The lowest BCUT2D eigenvalue weighted by Crippen LogP contribution is -1.97. The van der Waals surface area contributed by atoms with E-state index in [1.807, 2.05) is 30.3 Å². The highest BCUT2D eigenvalue weighted by Gasteiger charge is 2.23. The van der Waals surface area contributed by atoms with Crippen LogP contribution in [-0.4, -0.2) is 6.10 Å². The second-order valence-electron chi connectivity index (χ2n) is 4.86. The molecule has 0 radical (unpaired) electrons. The molecule has 0 heterocycles. The van der Waals surface area contributed by atoms with E-state index >= 15 is 0 Å². The highest BCUT2D eigenvalue weighted by atomic mass is 35.5. The Labute approximate surface area is 118 Å². The van der Waals surface area contributed by atoms with Crippen LogP contribution in [0.1, 0.15) is 18.4 Å². The molecule has 0 saturated heterocycles. The van der Waals surface area contributed by atoms with Gasteiger partial charge in [-0.05, 0) is 47.7 Å². The minimum absolute atomic E-state index is 0.415. The fraction of sp³-hybridized carbons (Fsp3) is 0.250. The maximum absolute atomic E-state index is 6.20. The summed E-state index contributed by atoms with van der Waals surface area (Å²) in [4.78, 5) is 0. The van der Waals surface area contributed by atoms with Gasteiger partial charge in [-0.25, -0.2) is 0 Å². The molecule has 1 fully saturated rings. The first-order chi connectivity index (χ1) is 9.26. The molecule has 0 spiro atoms. The number of benzene rings is 2. The van der Waals surface area contributed by atoms with E-state index < -0.39 is 0 Å². The number of halogens is 1. The summed E-state index contributed by atoms with van der Waals surface area (Å²) in [6.07, 6.45) is 2.75. The van der Waals surface area contributed by atoms with Crippen LogP contribution in [0.3, 0.4) is 0 Å². The summed E-state index contributed by atoms with van der Waals surface area (Å²) < 4.78 is 5.81. The smallest absolute Gasteiger partial charge is 0.120 e. The van der Waals surface area contributed by atoms with Crippen LogP contribution >= 0.6 is 11.6 Å². The molecule has 3 rings (SSSR count). The Balaban J connectivity index is 1.89. The third kappa shape index (κ3) is 2.91. The third-order valence-electron chi connectivity index (χ3n) is 3.27. The lowest BCUT2D eigenvalue weighted by Gasteiger charge is -2.09. The van der Waals surface area contributed by atoms with Gasteiger partial charge in [-0.1, -0.05) is 35.9 Å². The van der Waals surface area contributed by atoms with Gasteiger partial charge < -0.3 is 10.5 Å². The zero-order valence-electron chi connectivity index (χ0n) is 10.6.